The molecule has 0 spiro atoms. The fourth-order valence-corrected chi connectivity index (χ4v) is 1.71. The molecule has 0 aliphatic rings. The molecule has 0 saturated carbocycles. The van der Waals surface area contributed by atoms with Crippen molar-refractivity contribution in [3.8, 4) is 5.75 Å². The molecule has 0 fully saturated rings. The zero-order valence-electron chi connectivity index (χ0n) is 9.92. The van der Waals surface area contributed by atoms with Gasteiger partial charge in [0.25, 0.3) is 0 Å². The molecule has 0 saturated heterocycles. The lowest BCUT2D eigenvalue weighted by atomic mass is 10.3. The van der Waals surface area contributed by atoms with Crippen LogP contribution < -0.4 is 10.5 Å². The SMILES string of the molecule is NCCc1cn(CCOc2ccccc2Cl)nn1. The topological polar surface area (TPSA) is 66.0 Å². The van der Waals surface area contributed by atoms with Crippen molar-refractivity contribution in [1.82, 2.24) is 15.0 Å². The summed E-state index contributed by atoms with van der Waals surface area (Å²) in [7, 11) is 0. The number of para-hydroxylation sites is 1. The van der Waals surface area contributed by atoms with Gasteiger partial charge in [0.15, 0.2) is 0 Å². The van der Waals surface area contributed by atoms with E-state index >= 15 is 0 Å². The Morgan fingerprint density at radius 1 is 1.33 bits per heavy atom. The second-order valence-corrected chi connectivity index (χ2v) is 4.20. The summed E-state index contributed by atoms with van der Waals surface area (Å²) >= 11 is 5.98. The van der Waals surface area contributed by atoms with Gasteiger partial charge < -0.3 is 10.5 Å². The maximum atomic E-state index is 5.98. The lowest BCUT2D eigenvalue weighted by Crippen LogP contribution is -2.09. The number of rotatable bonds is 6. The highest BCUT2D eigenvalue weighted by Gasteiger charge is 2.02. The molecule has 2 N–H and O–H groups in total. The van der Waals surface area contributed by atoms with Crippen LogP contribution in [0.25, 0.3) is 0 Å². The third kappa shape index (κ3) is 3.45. The molecule has 6 heteroatoms. The van der Waals surface area contributed by atoms with Gasteiger partial charge in [0.05, 0.1) is 17.3 Å². The Kier molecular flexibility index (Phi) is 4.55. The Labute approximate surface area is 111 Å². The molecule has 0 amide bonds. The molecule has 0 unspecified atom stereocenters. The van der Waals surface area contributed by atoms with Crippen molar-refractivity contribution in [2.75, 3.05) is 13.2 Å². The third-order valence-corrected chi connectivity index (χ3v) is 2.71. The van der Waals surface area contributed by atoms with Gasteiger partial charge in [0.1, 0.15) is 12.4 Å². The Hall–Kier alpha value is -1.59. The van der Waals surface area contributed by atoms with E-state index in [1.165, 1.54) is 0 Å². The predicted octanol–water partition coefficient (Wildman–Crippen LogP) is 1.51. The number of halogens is 1. The molecule has 96 valence electrons. The van der Waals surface area contributed by atoms with Crippen LogP contribution in [-0.2, 0) is 13.0 Å². The molecule has 5 nitrogen and oxygen atoms in total. The van der Waals surface area contributed by atoms with Gasteiger partial charge in [-0.2, -0.15) is 0 Å². The summed E-state index contributed by atoms with van der Waals surface area (Å²) < 4.78 is 7.30. The van der Waals surface area contributed by atoms with Gasteiger partial charge in [-0.05, 0) is 18.7 Å². The molecule has 0 bridgehead atoms. The molecule has 18 heavy (non-hydrogen) atoms. The zero-order valence-corrected chi connectivity index (χ0v) is 10.7. The molecular weight excluding hydrogens is 252 g/mol. The molecule has 2 rings (SSSR count). The Balaban J connectivity index is 1.83. The van der Waals surface area contributed by atoms with Crippen LogP contribution in [0.1, 0.15) is 5.69 Å². The summed E-state index contributed by atoms with van der Waals surface area (Å²) in [6.07, 6.45) is 2.62. The minimum absolute atomic E-state index is 0.495. The van der Waals surface area contributed by atoms with Crippen molar-refractivity contribution in [1.29, 1.82) is 0 Å². The Bertz CT molecular complexity index is 500. The summed E-state index contributed by atoms with van der Waals surface area (Å²) in [5.41, 5.74) is 6.34. The monoisotopic (exact) mass is 266 g/mol. The second kappa shape index (κ2) is 6.37. The summed E-state index contributed by atoms with van der Waals surface area (Å²) in [4.78, 5) is 0. The maximum absolute atomic E-state index is 5.98. The van der Waals surface area contributed by atoms with E-state index in [0.717, 1.165) is 12.1 Å². The van der Waals surface area contributed by atoms with Crippen molar-refractivity contribution in [2.24, 2.45) is 5.73 Å². The van der Waals surface area contributed by atoms with E-state index in [1.807, 2.05) is 24.4 Å². The minimum Gasteiger partial charge on any atom is -0.490 e. The summed E-state index contributed by atoms with van der Waals surface area (Å²) in [5.74, 6) is 0.682. The van der Waals surface area contributed by atoms with Crippen molar-refractivity contribution < 1.29 is 4.74 Å². The normalized spacial score (nSPS) is 10.6. The predicted molar refractivity (Wildman–Crippen MR) is 69.7 cm³/mol. The number of nitrogens with two attached hydrogens (primary N) is 1. The fraction of sp³-hybridized carbons (Fsp3) is 0.333. The van der Waals surface area contributed by atoms with E-state index < -0.39 is 0 Å². The molecule has 0 aliphatic heterocycles. The number of ether oxygens (including phenoxy) is 1. The lowest BCUT2D eigenvalue weighted by Gasteiger charge is -2.07. The molecule has 1 aromatic heterocycles. The van der Waals surface area contributed by atoms with Crippen molar-refractivity contribution in [2.45, 2.75) is 13.0 Å². The van der Waals surface area contributed by atoms with E-state index in [0.29, 0.717) is 30.5 Å². The van der Waals surface area contributed by atoms with Crippen LogP contribution in [0.15, 0.2) is 30.5 Å². The summed E-state index contributed by atoms with van der Waals surface area (Å²) in [5, 5.41) is 8.60. The molecule has 1 aromatic carbocycles. The standard InChI is InChI=1S/C12H15ClN4O/c13-11-3-1-2-4-12(11)18-8-7-17-9-10(5-6-14)15-16-17/h1-4,9H,5-8,14H2. The number of aromatic nitrogens is 3. The average molecular weight is 267 g/mol. The first-order valence-electron chi connectivity index (χ1n) is 5.76. The third-order valence-electron chi connectivity index (χ3n) is 2.40. The van der Waals surface area contributed by atoms with E-state index in [4.69, 9.17) is 22.1 Å². The summed E-state index contributed by atoms with van der Waals surface area (Å²) in [6.45, 7) is 1.70. The minimum atomic E-state index is 0.495. The highest BCUT2D eigenvalue weighted by Crippen LogP contribution is 2.22. The number of benzene rings is 1. The van der Waals surface area contributed by atoms with Crippen LogP contribution in [0, 0.1) is 0 Å². The van der Waals surface area contributed by atoms with Gasteiger partial charge in [0.2, 0.25) is 0 Å². The molecule has 0 radical (unpaired) electrons. The molecular formula is C12H15ClN4O. The van der Waals surface area contributed by atoms with Crippen molar-refractivity contribution in [3.63, 3.8) is 0 Å². The van der Waals surface area contributed by atoms with Gasteiger partial charge in [-0.15, -0.1) is 5.10 Å². The lowest BCUT2D eigenvalue weighted by molar-refractivity contribution is 0.290. The van der Waals surface area contributed by atoms with Gasteiger partial charge in [0, 0.05) is 12.6 Å². The highest BCUT2D eigenvalue weighted by atomic mass is 35.5. The number of hydrogen-bond acceptors (Lipinski definition) is 4. The first kappa shape index (κ1) is 12.9. The van der Waals surface area contributed by atoms with Crippen LogP contribution >= 0.6 is 11.6 Å². The van der Waals surface area contributed by atoms with E-state index in [-0.39, 0.29) is 0 Å². The van der Waals surface area contributed by atoms with Gasteiger partial charge >= 0.3 is 0 Å². The quantitative estimate of drug-likeness (QED) is 0.861. The average Bonchev–Trinajstić information content (AvgIpc) is 2.80. The van der Waals surface area contributed by atoms with Crippen molar-refractivity contribution >= 4 is 11.6 Å². The van der Waals surface area contributed by atoms with Crippen LogP contribution in [0.2, 0.25) is 5.02 Å². The van der Waals surface area contributed by atoms with Crippen LogP contribution in [0.5, 0.6) is 5.75 Å². The van der Waals surface area contributed by atoms with Crippen LogP contribution in [0.3, 0.4) is 0 Å². The molecule has 2 aromatic rings. The zero-order chi connectivity index (χ0) is 12.8. The van der Waals surface area contributed by atoms with E-state index in [2.05, 4.69) is 10.3 Å². The largest absolute Gasteiger partial charge is 0.490 e. The van der Waals surface area contributed by atoms with Crippen LogP contribution in [0.4, 0.5) is 0 Å². The van der Waals surface area contributed by atoms with Gasteiger partial charge in [-0.25, -0.2) is 4.68 Å². The van der Waals surface area contributed by atoms with E-state index in [1.54, 1.807) is 10.7 Å². The van der Waals surface area contributed by atoms with Gasteiger partial charge in [-0.1, -0.05) is 28.9 Å². The number of nitrogens with zero attached hydrogens (tertiary/aromatic N) is 3. The van der Waals surface area contributed by atoms with Gasteiger partial charge in [-0.3, -0.25) is 0 Å². The molecule has 0 atom stereocenters. The Morgan fingerprint density at radius 2 is 2.17 bits per heavy atom. The second-order valence-electron chi connectivity index (χ2n) is 3.79. The first-order valence-corrected chi connectivity index (χ1v) is 6.14. The smallest absolute Gasteiger partial charge is 0.137 e. The van der Waals surface area contributed by atoms with E-state index in [9.17, 15) is 0 Å². The molecule has 1 heterocycles. The Morgan fingerprint density at radius 3 is 2.94 bits per heavy atom. The highest BCUT2D eigenvalue weighted by molar-refractivity contribution is 6.32. The fourth-order valence-electron chi connectivity index (χ4n) is 1.52. The maximum Gasteiger partial charge on any atom is 0.137 e. The summed E-state index contributed by atoms with van der Waals surface area (Å²) in [6, 6.07) is 7.39. The van der Waals surface area contributed by atoms with Crippen LogP contribution in [-0.4, -0.2) is 28.1 Å². The number of hydrogen-bond donors (Lipinski definition) is 1. The molecule has 0 aliphatic carbocycles. The van der Waals surface area contributed by atoms with Crippen molar-refractivity contribution in [3.05, 3.63) is 41.2 Å². The first-order chi connectivity index (χ1) is 8.79.